The molecule has 0 heterocycles. The fourth-order valence-corrected chi connectivity index (χ4v) is 1.23. The fraction of sp³-hybridized carbons (Fsp3) is 0.333. The van der Waals surface area contributed by atoms with E-state index >= 15 is 0 Å². The van der Waals surface area contributed by atoms with Crippen molar-refractivity contribution in [1.82, 2.24) is 0 Å². The maximum atomic E-state index is 12.0. The molecule has 0 bridgehead atoms. The Kier molecular flexibility index (Phi) is 3.73. The smallest absolute Gasteiger partial charge is 0.237 e. The number of rotatable bonds is 3. The molecule has 0 aliphatic carbocycles. The number of amides is 1. The standard InChI is InChI=1S/C12H17N3O2/c1-8-6-4-5-7-9(8)14-11(16)12(2,3)10(13)15-17/h4-7,17H,1-3H3,(H2,13,15)(H,14,16). The average molecular weight is 235 g/mol. The second-order valence-corrected chi connectivity index (χ2v) is 4.38. The van der Waals surface area contributed by atoms with E-state index in [-0.39, 0.29) is 11.7 Å². The van der Waals surface area contributed by atoms with Gasteiger partial charge in [-0.05, 0) is 32.4 Å². The van der Waals surface area contributed by atoms with E-state index in [1.807, 2.05) is 25.1 Å². The molecule has 0 spiro atoms. The van der Waals surface area contributed by atoms with Gasteiger partial charge in [0.25, 0.3) is 0 Å². The molecule has 1 rings (SSSR count). The number of carbonyl (C=O) groups is 1. The fourth-order valence-electron chi connectivity index (χ4n) is 1.23. The number of carbonyl (C=O) groups excluding carboxylic acids is 1. The molecule has 0 saturated carbocycles. The summed E-state index contributed by atoms with van der Waals surface area (Å²) < 4.78 is 0. The Labute approximate surface area is 100 Å². The molecule has 4 N–H and O–H groups in total. The molecule has 0 unspecified atom stereocenters. The summed E-state index contributed by atoms with van der Waals surface area (Å²) in [4.78, 5) is 12.0. The molecule has 0 aromatic heterocycles. The van der Waals surface area contributed by atoms with E-state index in [1.54, 1.807) is 19.9 Å². The van der Waals surface area contributed by atoms with Crippen LogP contribution in [0, 0.1) is 12.3 Å². The quantitative estimate of drug-likeness (QED) is 0.322. The first-order valence-electron chi connectivity index (χ1n) is 5.24. The van der Waals surface area contributed by atoms with Gasteiger partial charge in [0.1, 0.15) is 5.41 Å². The van der Waals surface area contributed by atoms with Crippen molar-refractivity contribution in [2.24, 2.45) is 16.3 Å². The average Bonchev–Trinajstić information content (AvgIpc) is 2.30. The molecule has 0 fully saturated rings. The second kappa shape index (κ2) is 4.86. The van der Waals surface area contributed by atoms with Crippen LogP contribution >= 0.6 is 0 Å². The third kappa shape index (κ3) is 2.75. The highest BCUT2D eigenvalue weighted by molar-refractivity contribution is 6.11. The number of nitrogens with one attached hydrogen (secondary N) is 1. The summed E-state index contributed by atoms with van der Waals surface area (Å²) in [5, 5.41) is 14.3. The number of aryl methyl sites for hydroxylation is 1. The summed E-state index contributed by atoms with van der Waals surface area (Å²) in [7, 11) is 0. The van der Waals surface area contributed by atoms with E-state index in [4.69, 9.17) is 10.9 Å². The van der Waals surface area contributed by atoms with Crippen LogP contribution in [0.5, 0.6) is 0 Å². The highest BCUT2D eigenvalue weighted by atomic mass is 16.4. The second-order valence-electron chi connectivity index (χ2n) is 4.38. The summed E-state index contributed by atoms with van der Waals surface area (Å²) in [6.45, 7) is 5.08. The van der Waals surface area contributed by atoms with Gasteiger partial charge in [-0.3, -0.25) is 4.79 Å². The summed E-state index contributed by atoms with van der Waals surface area (Å²) in [6.07, 6.45) is 0. The number of amidine groups is 1. The van der Waals surface area contributed by atoms with Gasteiger partial charge in [-0.25, -0.2) is 0 Å². The predicted molar refractivity (Wildman–Crippen MR) is 67.0 cm³/mol. The highest BCUT2D eigenvalue weighted by Crippen LogP contribution is 2.20. The molecule has 5 heteroatoms. The molecule has 0 atom stereocenters. The highest BCUT2D eigenvalue weighted by Gasteiger charge is 2.32. The minimum absolute atomic E-state index is 0.122. The van der Waals surface area contributed by atoms with Crippen LogP contribution in [0.15, 0.2) is 29.4 Å². The Morgan fingerprint density at radius 1 is 1.41 bits per heavy atom. The van der Waals surface area contributed by atoms with E-state index in [1.165, 1.54) is 0 Å². The summed E-state index contributed by atoms with van der Waals surface area (Å²) in [6, 6.07) is 7.42. The Morgan fingerprint density at radius 3 is 2.53 bits per heavy atom. The van der Waals surface area contributed by atoms with Crippen molar-refractivity contribution in [3.8, 4) is 0 Å². The number of nitrogens with zero attached hydrogens (tertiary/aromatic N) is 1. The normalized spacial score (nSPS) is 12.3. The maximum Gasteiger partial charge on any atom is 0.237 e. The van der Waals surface area contributed by atoms with Gasteiger partial charge in [0, 0.05) is 5.69 Å². The van der Waals surface area contributed by atoms with Crippen LogP contribution < -0.4 is 11.1 Å². The molecule has 0 aliphatic heterocycles. The molecule has 0 saturated heterocycles. The van der Waals surface area contributed by atoms with Gasteiger partial charge in [0.15, 0.2) is 5.84 Å². The molecular weight excluding hydrogens is 218 g/mol. The van der Waals surface area contributed by atoms with E-state index in [2.05, 4.69) is 10.5 Å². The number of nitrogens with two attached hydrogens (primary N) is 1. The first kappa shape index (κ1) is 13.0. The van der Waals surface area contributed by atoms with Crippen LogP contribution in [0.3, 0.4) is 0 Å². The minimum Gasteiger partial charge on any atom is -0.409 e. The lowest BCUT2D eigenvalue weighted by atomic mass is 9.90. The summed E-state index contributed by atoms with van der Waals surface area (Å²) in [5.74, 6) is -0.439. The van der Waals surface area contributed by atoms with Crippen molar-refractivity contribution in [2.75, 3.05) is 5.32 Å². The SMILES string of the molecule is Cc1ccccc1NC(=O)C(C)(C)C(N)=NO. The topological polar surface area (TPSA) is 87.7 Å². The minimum atomic E-state index is -1.06. The zero-order chi connectivity index (χ0) is 13.1. The number of oxime groups is 1. The van der Waals surface area contributed by atoms with Crippen molar-refractivity contribution in [1.29, 1.82) is 0 Å². The lowest BCUT2D eigenvalue weighted by Crippen LogP contribution is -2.42. The molecule has 17 heavy (non-hydrogen) atoms. The molecule has 1 amide bonds. The van der Waals surface area contributed by atoms with E-state index in [0.717, 1.165) is 11.3 Å². The van der Waals surface area contributed by atoms with E-state index < -0.39 is 5.41 Å². The Hall–Kier alpha value is -2.04. The molecule has 0 radical (unpaired) electrons. The van der Waals surface area contributed by atoms with Gasteiger partial charge >= 0.3 is 0 Å². The Bertz CT molecular complexity index is 453. The van der Waals surface area contributed by atoms with Crippen molar-refractivity contribution in [3.05, 3.63) is 29.8 Å². The Morgan fingerprint density at radius 2 is 2.00 bits per heavy atom. The van der Waals surface area contributed by atoms with Crippen molar-refractivity contribution in [2.45, 2.75) is 20.8 Å². The molecular formula is C12H17N3O2. The molecule has 92 valence electrons. The third-order valence-electron chi connectivity index (χ3n) is 2.71. The van der Waals surface area contributed by atoms with Crippen molar-refractivity contribution < 1.29 is 10.0 Å². The van der Waals surface area contributed by atoms with E-state index in [0.29, 0.717) is 0 Å². The number of benzene rings is 1. The van der Waals surface area contributed by atoms with Gasteiger partial charge in [-0.15, -0.1) is 0 Å². The maximum absolute atomic E-state index is 12.0. The van der Waals surface area contributed by atoms with Crippen LogP contribution in [0.25, 0.3) is 0 Å². The molecule has 1 aromatic carbocycles. The summed E-state index contributed by atoms with van der Waals surface area (Å²) in [5.41, 5.74) is 6.10. The van der Waals surface area contributed by atoms with Crippen LogP contribution in [-0.4, -0.2) is 17.0 Å². The third-order valence-corrected chi connectivity index (χ3v) is 2.71. The van der Waals surface area contributed by atoms with Gasteiger partial charge in [0.05, 0.1) is 0 Å². The lowest BCUT2D eigenvalue weighted by Gasteiger charge is -2.22. The van der Waals surface area contributed by atoms with Crippen molar-refractivity contribution >= 4 is 17.4 Å². The monoisotopic (exact) mass is 235 g/mol. The number of anilines is 1. The largest absolute Gasteiger partial charge is 0.409 e. The van der Waals surface area contributed by atoms with Gasteiger partial charge in [0.2, 0.25) is 5.91 Å². The zero-order valence-corrected chi connectivity index (χ0v) is 10.2. The van der Waals surface area contributed by atoms with Gasteiger partial charge < -0.3 is 16.3 Å². The number of hydrogen-bond donors (Lipinski definition) is 3. The zero-order valence-electron chi connectivity index (χ0n) is 10.2. The molecule has 5 nitrogen and oxygen atoms in total. The number of para-hydroxylation sites is 1. The molecule has 1 aromatic rings. The van der Waals surface area contributed by atoms with Crippen LogP contribution in [0.1, 0.15) is 19.4 Å². The van der Waals surface area contributed by atoms with Gasteiger partial charge in [-0.1, -0.05) is 23.4 Å². The van der Waals surface area contributed by atoms with E-state index in [9.17, 15) is 4.79 Å². The van der Waals surface area contributed by atoms with Crippen LogP contribution in [-0.2, 0) is 4.79 Å². The predicted octanol–water partition coefficient (Wildman–Crippen LogP) is 1.71. The summed E-state index contributed by atoms with van der Waals surface area (Å²) >= 11 is 0. The Balaban J connectivity index is 2.91. The molecule has 0 aliphatic rings. The number of hydrogen-bond acceptors (Lipinski definition) is 3. The van der Waals surface area contributed by atoms with Crippen molar-refractivity contribution in [3.63, 3.8) is 0 Å². The first-order chi connectivity index (χ1) is 7.89. The lowest BCUT2D eigenvalue weighted by molar-refractivity contribution is -0.121. The first-order valence-corrected chi connectivity index (χ1v) is 5.24. The van der Waals surface area contributed by atoms with Crippen LogP contribution in [0.4, 0.5) is 5.69 Å². The van der Waals surface area contributed by atoms with Crippen LogP contribution in [0.2, 0.25) is 0 Å². The van der Waals surface area contributed by atoms with Gasteiger partial charge in [-0.2, -0.15) is 0 Å².